The fraction of sp³-hybridized carbons (Fsp3) is 0.429. The van der Waals surface area contributed by atoms with E-state index in [2.05, 4.69) is 4.90 Å². The van der Waals surface area contributed by atoms with Crippen LogP contribution in [-0.2, 0) is 24.7 Å². The number of esters is 1. The molecular formula is C28H32FN2O7S+. The highest BCUT2D eigenvalue weighted by molar-refractivity contribution is 7.87. The number of aliphatic hydroxyl groups excluding tert-OH is 1. The fourth-order valence-electron chi connectivity index (χ4n) is 5.37. The number of amides is 1. The number of hydrogen-bond acceptors (Lipinski definition) is 8. The summed E-state index contributed by atoms with van der Waals surface area (Å²) in [6, 6.07) is 7.12. The molecular weight excluding hydrogens is 527 g/mol. The van der Waals surface area contributed by atoms with Crippen molar-refractivity contribution < 1.29 is 37.5 Å². The van der Waals surface area contributed by atoms with Gasteiger partial charge in [-0.2, -0.15) is 0 Å². The van der Waals surface area contributed by atoms with E-state index in [1.165, 1.54) is 25.3 Å². The number of carbonyl (C=O) groups excluding carboxylic acids is 2. The highest BCUT2D eigenvalue weighted by Crippen LogP contribution is 2.55. The van der Waals surface area contributed by atoms with Crippen molar-refractivity contribution in [3.63, 3.8) is 0 Å². The molecule has 4 atom stereocenters. The molecule has 2 aromatic rings. The van der Waals surface area contributed by atoms with E-state index in [-0.39, 0.29) is 34.6 Å². The van der Waals surface area contributed by atoms with Crippen molar-refractivity contribution in [3.8, 4) is 5.75 Å². The second kappa shape index (κ2) is 11.4. The maximum atomic E-state index is 14.3. The normalized spacial score (nSPS) is 22.5. The van der Waals surface area contributed by atoms with Crippen molar-refractivity contribution in [1.29, 1.82) is 0 Å². The second-order valence-corrected chi connectivity index (χ2v) is 11.5. The first-order valence-corrected chi connectivity index (χ1v) is 14.1. The number of halogens is 1. The van der Waals surface area contributed by atoms with Crippen LogP contribution in [0.25, 0.3) is 6.08 Å². The smallest absolute Gasteiger partial charge is 0.456 e. The molecule has 2 aliphatic heterocycles. The van der Waals surface area contributed by atoms with Gasteiger partial charge in [0.2, 0.25) is 11.0 Å². The molecule has 1 unspecified atom stereocenters. The molecule has 0 bridgehead atoms. The molecule has 11 heteroatoms. The van der Waals surface area contributed by atoms with Gasteiger partial charge >= 0.3 is 12.1 Å². The summed E-state index contributed by atoms with van der Waals surface area (Å²) in [5, 5.41) is 9.38. The minimum Gasteiger partial charge on any atom is -0.492 e. The fourth-order valence-corrected chi connectivity index (χ4v) is 6.74. The molecule has 39 heavy (non-hydrogen) atoms. The minimum atomic E-state index is -2.71. The first-order chi connectivity index (χ1) is 18.9. The summed E-state index contributed by atoms with van der Waals surface area (Å²) in [7, 11) is -0.331. The lowest BCUT2D eigenvalue weighted by Crippen LogP contribution is -2.34. The second-order valence-electron chi connectivity index (χ2n) is 10.0. The van der Waals surface area contributed by atoms with Crippen LogP contribution in [0.1, 0.15) is 40.2 Å². The SMILES string of the molecule is COC(=O)c1c(N(C(=O)OC)[SH+](=O)c2ccc(F)cc2/C=C\CN2CC[C@@H](CO)C2)ccc2c1OC[C@@H]1C[C@H]21. The van der Waals surface area contributed by atoms with Gasteiger partial charge in [-0.15, -0.1) is 0 Å². The van der Waals surface area contributed by atoms with E-state index in [0.717, 1.165) is 42.9 Å². The molecule has 1 saturated carbocycles. The number of ether oxygens (including phenoxy) is 3. The number of likely N-dealkylation sites (tertiary alicyclic amines) is 1. The first-order valence-electron chi connectivity index (χ1n) is 12.9. The van der Waals surface area contributed by atoms with Gasteiger partial charge in [-0.05, 0) is 61.1 Å². The van der Waals surface area contributed by atoms with Gasteiger partial charge in [0.05, 0.1) is 20.8 Å². The Hall–Kier alpha value is -3.28. The lowest BCUT2D eigenvalue weighted by molar-refractivity contribution is 0.0596. The van der Waals surface area contributed by atoms with Crippen molar-refractivity contribution in [2.45, 2.75) is 23.7 Å². The third-order valence-electron chi connectivity index (χ3n) is 7.56. The number of rotatable bonds is 8. The Labute approximate surface area is 228 Å². The number of methoxy groups -OCH3 is 2. The molecule has 208 valence electrons. The Morgan fingerprint density at radius 3 is 2.79 bits per heavy atom. The van der Waals surface area contributed by atoms with Crippen LogP contribution in [-0.4, -0.2) is 69.1 Å². The summed E-state index contributed by atoms with van der Waals surface area (Å²) in [6.07, 6.45) is 4.41. The number of carbonyl (C=O) groups is 2. The Kier molecular flexibility index (Phi) is 8.01. The molecule has 2 heterocycles. The first kappa shape index (κ1) is 27.3. The van der Waals surface area contributed by atoms with Gasteiger partial charge in [0.1, 0.15) is 22.8 Å². The zero-order chi connectivity index (χ0) is 27.7. The average Bonchev–Trinajstić information content (AvgIpc) is 3.61. The van der Waals surface area contributed by atoms with Crippen LogP contribution in [0, 0.1) is 17.7 Å². The topological polar surface area (TPSA) is 106 Å². The van der Waals surface area contributed by atoms with Crippen molar-refractivity contribution in [3.05, 3.63) is 58.9 Å². The van der Waals surface area contributed by atoms with E-state index < -0.39 is 28.9 Å². The summed E-state index contributed by atoms with van der Waals surface area (Å²) < 4.78 is 45.2. The molecule has 5 rings (SSSR count). The number of aliphatic hydroxyl groups is 1. The van der Waals surface area contributed by atoms with Crippen molar-refractivity contribution >= 4 is 34.8 Å². The van der Waals surface area contributed by atoms with E-state index in [9.17, 15) is 23.3 Å². The van der Waals surface area contributed by atoms with Gasteiger partial charge in [-0.1, -0.05) is 26.7 Å². The maximum absolute atomic E-state index is 14.3. The molecule has 9 nitrogen and oxygen atoms in total. The lowest BCUT2D eigenvalue weighted by atomic mass is 10.00. The standard InChI is InChI=1S/C28H31FN2O7S/c1-36-27(33)25-23(7-6-21-22-13-19(22)16-38-26(21)25)31(28(34)37-2)39(35)24-8-5-20(29)12-18(24)4-3-10-30-11-9-17(14-30)15-32/h3-8,12,17,19,22,32H,9-11,13-16H2,1-2H3/p+1/b4-3-/t17-,19+,22+,39?/m1/s1. The molecule has 1 amide bonds. The summed E-state index contributed by atoms with van der Waals surface area (Å²) in [5.74, 6) is -0.0360. The predicted octanol–water partition coefficient (Wildman–Crippen LogP) is 3.68. The van der Waals surface area contributed by atoms with Crippen LogP contribution in [0.2, 0.25) is 0 Å². The number of hydrogen-bond donors (Lipinski definition) is 1. The van der Waals surface area contributed by atoms with E-state index in [4.69, 9.17) is 14.2 Å². The average molecular weight is 560 g/mol. The molecule has 1 aliphatic carbocycles. The van der Waals surface area contributed by atoms with Gasteiger partial charge < -0.3 is 19.3 Å². The molecule has 2 aromatic carbocycles. The van der Waals surface area contributed by atoms with Crippen molar-refractivity contribution in [1.82, 2.24) is 4.90 Å². The van der Waals surface area contributed by atoms with Gasteiger partial charge in [0.25, 0.3) is 0 Å². The lowest BCUT2D eigenvalue weighted by Gasteiger charge is -2.23. The summed E-state index contributed by atoms with van der Waals surface area (Å²) in [6.45, 7) is 2.76. The highest BCUT2D eigenvalue weighted by Gasteiger charge is 2.47. The largest absolute Gasteiger partial charge is 0.492 e. The van der Waals surface area contributed by atoms with Crippen molar-refractivity contribution in [2.75, 3.05) is 51.4 Å². The van der Waals surface area contributed by atoms with Gasteiger partial charge in [-0.25, -0.2) is 14.0 Å². The predicted molar refractivity (Wildman–Crippen MR) is 144 cm³/mol. The molecule has 0 spiro atoms. The Bertz CT molecular complexity index is 1330. The Balaban J connectivity index is 1.51. The van der Waals surface area contributed by atoms with E-state index in [1.54, 1.807) is 18.2 Å². The Morgan fingerprint density at radius 1 is 1.26 bits per heavy atom. The minimum absolute atomic E-state index is 0.000717. The molecule has 0 radical (unpaired) electrons. The number of benzene rings is 2. The summed E-state index contributed by atoms with van der Waals surface area (Å²) >= 11 is 0. The zero-order valence-corrected chi connectivity index (χ0v) is 22.7. The zero-order valence-electron chi connectivity index (χ0n) is 21.8. The third kappa shape index (κ3) is 5.43. The van der Waals surface area contributed by atoms with E-state index in [1.807, 2.05) is 6.08 Å². The van der Waals surface area contributed by atoms with Crippen LogP contribution in [0.4, 0.5) is 14.9 Å². The van der Waals surface area contributed by atoms with Crippen LogP contribution in [0.3, 0.4) is 0 Å². The third-order valence-corrected chi connectivity index (χ3v) is 9.12. The molecule has 0 aromatic heterocycles. The number of fused-ring (bicyclic) bond motifs is 3. The van der Waals surface area contributed by atoms with E-state index in [0.29, 0.717) is 30.4 Å². The summed E-state index contributed by atoms with van der Waals surface area (Å²) in [4.78, 5) is 28.4. The highest BCUT2D eigenvalue weighted by atomic mass is 32.2. The quantitative estimate of drug-likeness (QED) is 0.297. The molecule has 1 saturated heterocycles. The van der Waals surface area contributed by atoms with Crippen LogP contribution in [0.5, 0.6) is 5.75 Å². The van der Waals surface area contributed by atoms with Gasteiger partial charge in [0, 0.05) is 31.2 Å². The molecule has 3 aliphatic rings. The number of thiol groups is 1. The molecule has 1 N–H and O–H groups in total. The van der Waals surface area contributed by atoms with Crippen LogP contribution >= 0.6 is 0 Å². The Morgan fingerprint density at radius 2 is 2.08 bits per heavy atom. The van der Waals surface area contributed by atoms with Crippen LogP contribution < -0.4 is 9.04 Å². The van der Waals surface area contributed by atoms with Crippen molar-refractivity contribution in [2.24, 2.45) is 11.8 Å². The van der Waals surface area contributed by atoms with Gasteiger partial charge in [-0.3, -0.25) is 4.90 Å². The van der Waals surface area contributed by atoms with Crippen LogP contribution in [0.15, 0.2) is 41.3 Å². The number of anilines is 1. The monoisotopic (exact) mass is 559 g/mol. The molecule has 2 fully saturated rings. The van der Waals surface area contributed by atoms with E-state index >= 15 is 0 Å². The summed E-state index contributed by atoms with van der Waals surface area (Å²) in [5.41, 5.74) is 1.21. The maximum Gasteiger partial charge on any atom is 0.456 e. The number of nitrogens with zero attached hydrogens (tertiary/aromatic N) is 2. The van der Waals surface area contributed by atoms with Gasteiger partial charge in [0.15, 0.2) is 4.90 Å².